The summed E-state index contributed by atoms with van der Waals surface area (Å²) in [5.74, 6) is 0.214. The van der Waals surface area contributed by atoms with Crippen LogP contribution < -0.4 is 0 Å². The van der Waals surface area contributed by atoms with Crippen molar-refractivity contribution in [2.45, 2.75) is 40.0 Å². The Morgan fingerprint density at radius 3 is 2.54 bits per heavy atom. The van der Waals surface area contributed by atoms with E-state index in [-0.39, 0.29) is 0 Å². The third-order valence-corrected chi connectivity index (χ3v) is 2.12. The molecule has 0 radical (unpaired) electrons. The third kappa shape index (κ3) is 7.57. The van der Waals surface area contributed by atoms with Gasteiger partial charge in [-0.05, 0) is 18.3 Å². The van der Waals surface area contributed by atoms with Gasteiger partial charge in [0.05, 0.1) is 0 Å². The van der Waals surface area contributed by atoms with Gasteiger partial charge >= 0.3 is 5.97 Å². The van der Waals surface area contributed by atoms with E-state index in [0.717, 1.165) is 6.42 Å². The fourth-order valence-electron chi connectivity index (χ4n) is 1.57. The molecular formula is C11H20O2. The van der Waals surface area contributed by atoms with Crippen LogP contribution in [-0.2, 0) is 4.79 Å². The van der Waals surface area contributed by atoms with Gasteiger partial charge in [0, 0.05) is 6.08 Å². The van der Waals surface area contributed by atoms with E-state index in [1.807, 2.05) is 0 Å². The highest BCUT2D eigenvalue weighted by molar-refractivity contribution is 5.79. The van der Waals surface area contributed by atoms with E-state index in [2.05, 4.69) is 20.8 Å². The van der Waals surface area contributed by atoms with Gasteiger partial charge in [-0.3, -0.25) is 0 Å². The predicted octanol–water partition coefficient (Wildman–Crippen LogP) is 3.09. The number of hydrogen-bond acceptors (Lipinski definition) is 1. The molecule has 0 amide bonds. The lowest BCUT2D eigenvalue weighted by atomic mass is 9.93. The zero-order valence-electron chi connectivity index (χ0n) is 8.79. The van der Waals surface area contributed by atoms with Crippen LogP contribution in [0.4, 0.5) is 0 Å². The number of carboxylic acids is 1. The molecule has 0 bridgehead atoms. The summed E-state index contributed by atoms with van der Waals surface area (Å²) in [5, 5.41) is 8.41. The predicted molar refractivity (Wildman–Crippen MR) is 54.6 cm³/mol. The zero-order chi connectivity index (χ0) is 10.3. The molecule has 0 heterocycles. The monoisotopic (exact) mass is 184 g/mol. The van der Waals surface area contributed by atoms with Crippen molar-refractivity contribution >= 4 is 5.97 Å². The van der Waals surface area contributed by atoms with Gasteiger partial charge in [0.15, 0.2) is 0 Å². The van der Waals surface area contributed by atoms with Crippen LogP contribution in [0, 0.1) is 11.8 Å². The maximum absolute atomic E-state index is 10.2. The summed E-state index contributed by atoms with van der Waals surface area (Å²) >= 11 is 0. The molecule has 0 fully saturated rings. The van der Waals surface area contributed by atoms with Crippen molar-refractivity contribution in [3.05, 3.63) is 12.2 Å². The van der Waals surface area contributed by atoms with E-state index in [1.165, 1.54) is 18.9 Å². The Hall–Kier alpha value is -0.790. The van der Waals surface area contributed by atoms with Crippen molar-refractivity contribution in [3.63, 3.8) is 0 Å². The van der Waals surface area contributed by atoms with Gasteiger partial charge in [-0.2, -0.15) is 0 Å². The Morgan fingerprint density at radius 1 is 1.46 bits per heavy atom. The van der Waals surface area contributed by atoms with E-state index in [4.69, 9.17) is 5.11 Å². The highest BCUT2D eigenvalue weighted by Crippen LogP contribution is 2.17. The first-order chi connectivity index (χ1) is 6.06. The summed E-state index contributed by atoms with van der Waals surface area (Å²) in [6.45, 7) is 6.45. The van der Waals surface area contributed by atoms with E-state index >= 15 is 0 Å². The van der Waals surface area contributed by atoms with Gasteiger partial charge in [0.2, 0.25) is 0 Å². The van der Waals surface area contributed by atoms with Gasteiger partial charge < -0.3 is 5.11 Å². The van der Waals surface area contributed by atoms with Crippen molar-refractivity contribution in [2.75, 3.05) is 0 Å². The standard InChI is InChI=1S/C11H20O2/c1-4-5-9(2)8-10(3)6-7-11(12)13/h6-7,9-10H,4-5,8H2,1-3H3,(H,12,13)/b7-6+/t9?,10-/m1/s1. The van der Waals surface area contributed by atoms with Gasteiger partial charge in [0.1, 0.15) is 0 Å². The molecule has 1 N–H and O–H groups in total. The molecule has 0 saturated heterocycles. The minimum absolute atomic E-state index is 0.373. The SMILES string of the molecule is CCCC(C)C[C@H](C)/C=C/C(=O)O. The second kappa shape index (κ2) is 6.70. The number of rotatable bonds is 6. The van der Waals surface area contributed by atoms with E-state index in [0.29, 0.717) is 11.8 Å². The molecule has 0 spiro atoms. The Morgan fingerprint density at radius 2 is 2.08 bits per heavy atom. The van der Waals surface area contributed by atoms with Gasteiger partial charge in [0.25, 0.3) is 0 Å². The van der Waals surface area contributed by atoms with Crippen LogP contribution in [0.5, 0.6) is 0 Å². The van der Waals surface area contributed by atoms with Crippen LogP contribution in [0.2, 0.25) is 0 Å². The molecule has 0 aliphatic rings. The quantitative estimate of drug-likeness (QED) is 0.644. The highest BCUT2D eigenvalue weighted by Gasteiger charge is 2.05. The molecule has 0 aliphatic carbocycles. The van der Waals surface area contributed by atoms with E-state index < -0.39 is 5.97 Å². The van der Waals surface area contributed by atoms with Crippen molar-refractivity contribution in [1.82, 2.24) is 0 Å². The second-order valence-electron chi connectivity index (χ2n) is 3.80. The fraction of sp³-hybridized carbons (Fsp3) is 0.727. The molecule has 0 aromatic rings. The van der Waals surface area contributed by atoms with Crippen LogP contribution in [0.25, 0.3) is 0 Å². The number of hydrogen-bond donors (Lipinski definition) is 1. The van der Waals surface area contributed by atoms with Gasteiger partial charge in [-0.1, -0.05) is 39.7 Å². The summed E-state index contributed by atoms with van der Waals surface area (Å²) < 4.78 is 0. The molecule has 0 aromatic carbocycles. The van der Waals surface area contributed by atoms with E-state index in [1.54, 1.807) is 6.08 Å². The molecule has 76 valence electrons. The Balaban J connectivity index is 3.72. The third-order valence-electron chi connectivity index (χ3n) is 2.12. The lowest BCUT2D eigenvalue weighted by Crippen LogP contribution is -2.01. The maximum atomic E-state index is 10.2. The molecule has 0 aromatic heterocycles. The minimum Gasteiger partial charge on any atom is -0.478 e. The number of allylic oxidation sites excluding steroid dienone is 1. The van der Waals surface area contributed by atoms with Crippen molar-refractivity contribution in [1.29, 1.82) is 0 Å². The van der Waals surface area contributed by atoms with Gasteiger partial charge in [-0.25, -0.2) is 4.79 Å². The lowest BCUT2D eigenvalue weighted by Gasteiger charge is -2.12. The fourth-order valence-corrected chi connectivity index (χ4v) is 1.57. The second-order valence-corrected chi connectivity index (χ2v) is 3.80. The van der Waals surface area contributed by atoms with Crippen LogP contribution in [0.15, 0.2) is 12.2 Å². The highest BCUT2D eigenvalue weighted by atomic mass is 16.4. The zero-order valence-corrected chi connectivity index (χ0v) is 8.79. The molecule has 0 saturated carbocycles. The maximum Gasteiger partial charge on any atom is 0.327 e. The summed E-state index contributed by atoms with van der Waals surface area (Å²) in [7, 11) is 0. The molecule has 2 nitrogen and oxygen atoms in total. The first-order valence-electron chi connectivity index (χ1n) is 4.97. The summed E-state index contributed by atoms with van der Waals surface area (Å²) in [6, 6.07) is 0. The molecule has 0 rings (SSSR count). The average molecular weight is 184 g/mol. The number of carbonyl (C=O) groups is 1. The Kier molecular flexibility index (Phi) is 6.29. The lowest BCUT2D eigenvalue weighted by molar-refractivity contribution is -0.131. The molecular weight excluding hydrogens is 164 g/mol. The Bertz CT molecular complexity index is 173. The van der Waals surface area contributed by atoms with Crippen LogP contribution in [0.3, 0.4) is 0 Å². The van der Waals surface area contributed by atoms with Crippen LogP contribution >= 0.6 is 0 Å². The van der Waals surface area contributed by atoms with Crippen molar-refractivity contribution < 1.29 is 9.90 Å². The smallest absolute Gasteiger partial charge is 0.327 e. The first kappa shape index (κ1) is 12.2. The molecule has 0 aliphatic heterocycles. The molecule has 1 unspecified atom stereocenters. The van der Waals surface area contributed by atoms with Crippen LogP contribution in [0.1, 0.15) is 40.0 Å². The van der Waals surface area contributed by atoms with Crippen LogP contribution in [-0.4, -0.2) is 11.1 Å². The minimum atomic E-state index is -0.852. The largest absolute Gasteiger partial charge is 0.478 e. The first-order valence-corrected chi connectivity index (χ1v) is 4.97. The van der Waals surface area contributed by atoms with Gasteiger partial charge in [-0.15, -0.1) is 0 Å². The van der Waals surface area contributed by atoms with Crippen molar-refractivity contribution in [2.24, 2.45) is 11.8 Å². The average Bonchev–Trinajstić information content (AvgIpc) is 2.01. The summed E-state index contributed by atoms with van der Waals surface area (Å²) in [4.78, 5) is 10.2. The number of aliphatic carboxylic acids is 1. The normalized spacial score (nSPS) is 15.9. The topological polar surface area (TPSA) is 37.3 Å². The Labute approximate surface area is 80.7 Å². The molecule has 13 heavy (non-hydrogen) atoms. The molecule has 2 atom stereocenters. The molecule has 2 heteroatoms. The van der Waals surface area contributed by atoms with E-state index in [9.17, 15) is 4.79 Å². The number of carboxylic acid groups (broad SMARTS) is 1. The van der Waals surface area contributed by atoms with Crippen molar-refractivity contribution in [3.8, 4) is 0 Å². The summed E-state index contributed by atoms with van der Waals surface area (Å²) in [5.41, 5.74) is 0. The summed E-state index contributed by atoms with van der Waals surface area (Å²) in [6.07, 6.45) is 6.53.